The van der Waals surface area contributed by atoms with Gasteiger partial charge in [0.15, 0.2) is 0 Å². The largest absolute Gasteiger partial charge is 0.493 e. The molecule has 0 unspecified atom stereocenters. The summed E-state index contributed by atoms with van der Waals surface area (Å²) < 4.78 is 5.53. The normalized spacial score (nSPS) is 13.8. The molecule has 2 amide bonds. The van der Waals surface area contributed by atoms with Crippen molar-refractivity contribution in [1.82, 2.24) is 5.32 Å². The molecule has 0 aliphatic carbocycles. The van der Waals surface area contributed by atoms with E-state index in [-0.39, 0.29) is 12.1 Å². The maximum absolute atomic E-state index is 12.2. The van der Waals surface area contributed by atoms with Gasteiger partial charge in [0.1, 0.15) is 5.75 Å². The molecule has 0 fully saturated rings. The van der Waals surface area contributed by atoms with Gasteiger partial charge in [-0.15, -0.1) is 0 Å². The predicted molar refractivity (Wildman–Crippen MR) is 96.9 cm³/mol. The molecule has 126 valence electrons. The number of nitrogens with one attached hydrogen (secondary N) is 2. The number of carbonyl (C=O) groups excluding carboxylic acids is 1. The van der Waals surface area contributed by atoms with E-state index in [1.807, 2.05) is 38.1 Å². The van der Waals surface area contributed by atoms with Crippen molar-refractivity contribution < 1.29 is 9.53 Å². The molecule has 2 aromatic rings. The number of hydrogen-bond donors (Lipinski definition) is 2. The molecular formula is C20H24N2O2. The molecule has 0 radical (unpaired) electrons. The first-order valence-electron chi connectivity index (χ1n) is 8.40. The van der Waals surface area contributed by atoms with Gasteiger partial charge in [-0.3, -0.25) is 0 Å². The van der Waals surface area contributed by atoms with Crippen molar-refractivity contribution in [2.45, 2.75) is 39.7 Å². The summed E-state index contributed by atoms with van der Waals surface area (Å²) in [5.41, 5.74) is 5.69. The third-order valence-electron chi connectivity index (χ3n) is 4.44. The Morgan fingerprint density at radius 2 is 2.00 bits per heavy atom. The highest BCUT2D eigenvalue weighted by molar-refractivity contribution is 5.89. The molecule has 1 aliphatic heterocycles. The fraction of sp³-hybridized carbons (Fsp3) is 0.350. The zero-order valence-corrected chi connectivity index (χ0v) is 14.5. The lowest BCUT2D eigenvalue weighted by atomic mass is 10.0. The molecule has 0 saturated carbocycles. The van der Waals surface area contributed by atoms with Crippen LogP contribution in [-0.4, -0.2) is 18.7 Å². The van der Waals surface area contributed by atoms with Crippen molar-refractivity contribution in [1.29, 1.82) is 0 Å². The van der Waals surface area contributed by atoms with E-state index >= 15 is 0 Å². The maximum atomic E-state index is 12.2. The molecule has 2 aromatic carbocycles. The summed E-state index contributed by atoms with van der Waals surface area (Å²) in [6, 6.07) is 12.1. The number of benzene rings is 2. The summed E-state index contributed by atoms with van der Waals surface area (Å²) in [6.45, 7) is 6.89. The summed E-state index contributed by atoms with van der Waals surface area (Å²) in [6.07, 6.45) is 1.77. The van der Waals surface area contributed by atoms with Gasteiger partial charge in [0.05, 0.1) is 6.61 Å². The van der Waals surface area contributed by atoms with E-state index in [4.69, 9.17) is 4.74 Å². The molecule has 1 atom stereocenters. The topological polar surface area (TPSA) is 50.4 Å². The highest BCUT2D eigenvalue weighted by atomic mass is 16.5. The van der Waals surface area contributed by atoms with Crippen LogP contribution in [-0.2, 0) is 12.8 Å². The van der Waals surface area contributed by atoms with Crippen LogP contribution in [0.25, 0.3) is 0 Å². The van der Waals surface area contributed by atoms with E-state index in [2.05, 4.69) is 29.7 Å². The van der Waals surface area contributed by atoms with Gasteiger partial charge in [-0.25, -0.2) is 4.79 Å². The minimum atomic E-state index is -0.171. The number of urea groups is 1. The number of ether oxygens (including phenoxy) is 1. The predicted octanol–water partition coefficient (Wildman–Crippen LogP) is 3.99. The minimum Gasteiger partial charge on any atom is -0.493 e. The van der Waals surface area contributed by atoms with E-state index in [0.29, 0.717) is 0 Å². The second kappa shape index (κ2) is 6.95. The Morgan fingerprint density at radius 1 is 1.17 bits per heavy atom. The van der Waals surface area contributed by atoms with Crippen LogP contribution in [0.3, 0.4) is 0 Å². The van der Waals surface area contributed by atoms with Gasteiger partial charge in [0, 0.05) is 18.2 Å². The second-order valence-corrected chi connectivity index (χ2v) is 6.54. The standard InChI is InChI=1S/C20H24N2O2/c1-13-4-6-18(10-14(13)2)22-20(23)21-15(3)11-16-5-7-19-17(12-16)8-9-24-19/h4-7,10,12,15H,8-9,11H2,1-3H3,(H2,21,22,23)/t15-/m1/s1. The van der Waals surface area contributed by atoms with Crippen molar-refractivity contribution >= 4 is 11.7 Å². The minimum absolute atomic E-state index is 0.0527. The van der Waals surface area contributed by atoms with Crippen molar-refractivity contribution in [3.05, 3.63) is 58.7 Å². The zero-order chi connectivity index (χ0) is 17.1. The molecule has 0 bridgehead atoms. The Hall–Kier alpha value is -2.49. The first-order valence-corrected chi connectivity index (χ1v) is 8.40. The van der Waals surface area contributed by atoms with Gasteiger partial charge in [-0.05, 0) is 67.6 Å². The summed E-state index contributed by atoms with van der Waals surface area (Å²) >= 11 is 0. The molecule has 2 N–H and O–H groups in total. The number of carbonyl (C=O) groups is 1. The van der Waals surface area contributed by atoms with Gasteiger partial charge < -0.3 is 15.4 Å². The van der Waals surface area contributed by atoms with E-state index < -0.39 is 0 Å². The van der Waals surface area contributed by atoms with Crippen LogP contribution in [0.5, 0.6) is 5.75 Å². The number of anilines is 1. The van der Waals surface area contributed by atoms with Crippen molar-refractivity contribution in [3.8, 4) is 5.75 Å². The molecule has 4 nitrogen and oxygen atoms in total. The fourth-order valence-electron chi connectivity index (χ4n) is 2.98. The van der Waals surface area contributed by atoms with Crippen LogP contribution in [0, 0.1) is 13.8 Å². The van der Waals surface area contributed by atoms with Gasteiger partial charge in [0.25, 0.3) is 0 Å². The SMILES string of the molecule is Cc1ccc(NC(=O)N[C@H](C)Cc2ccc3c(c2)CCO3)cc1C. The van der Waals surface area contributed by atoms with Crippen LogP contribution in [0.15, 0.2) is 36.4 Å². The molecule has 24 heavy (non-hydrogen) atoms. The molecule has 1 aliphatic rings. The van der Waals surface area contributed by atoms with E-state index in [0.717, 1.165) is 30.9 Å². The summed E-state index contributed by atoms with van der Waals surface area (Å²) in [5, 5.41) is 5.90. The van der Waals surface area contributed by atoms with Crippen LogP contribution >= 0.6 is 0 Å². The molecule has 0 aromatic heterocycles. The monoisotopic (exact) mass is 324 g/mol. The summed E-state index contributed by atoms with van der Waals surface area (Å²) in [4.78, 5) is 12.2. The molecular weight excluding hydrogens is 300 g/mol. The molecule has 1 heterocycles. The Bertz CT molecular complexity index is 755. The Labute approximate surface area is 143 Å². The number of aryl methyl sites for hydroxylation is 2. The number of rotatable bonds is 4. The third-order valence-corrected chi connectivity index (χ3v) is 4.44. The van der Waals surface area contributed by atoms with Crippen LogP contribution in [0.4, 0.5) is 10.5 Å². The van der Waals surface area contributed by atoms with Crippen molar-refractivity contribution in [2.75, 3.05) is 11.9 Å². The van der Waals surface area contributed by atoms with Crippen LogP contribution in [0.1, 0.15) is 29.2 Å². The van der Waals surface area contributed by atoms with Gasteiger partial charge in [-0.2, -0.15) is 0 Å². The smallest absolute Gasteiger partial charge is 0.319 e. The van der Waals surface area contributed by atoms with Gasteiger partial charge in [-0.1, -0.05) is 18.2 Å². The highest BCUT2D eigenvalue weighted by Gasteiger charge is 2.14. The first-order chi connectivity index (χ1) is 11.5. The van der Waals surface area contributed by atoms with Crippen LogP contribution < -0.4 is 15.4 Å². The van der Waals surface area contributed by atoms with Gasteiger partial charge >= 0.3 is 6.03 Å². The quantitative estimate of drug-likeness (QED) is 0.893. The molecule has 0 spiro atoms. The Balaban J connectivity index is 1.55. The van der Waals surface area contributed by atoms with Gasteiger partial charge in [0.2, 0.25) is 0 Å². The average Bonchev–Trinajstić information content (AvgIpc) is 2.98. The third kappa shape index (κ3) is 3.88. The Kier molecular flexibility index (Phi) is 4.74. The summed E-state index contributed by atoms with van der Waals surface area (Å²) in [7, 11) is 0. The summed E-state index contributed by atoms with van der Waals surface area (Å²) in [5.74, 6) is 0.992. The zero-order valence-electron chi connectivity index (χ0n) is 14.5. The van der Waals surface area contributed by atoms with Crippen LogP contribution in [0.2, 0.25) is 0 Å². The lowest BCUT2D eigenvalue weighted by Gasteiger charge is -2.16. The molecule has 0 saturated heterocycles. The Morgan fingerprint density at radius 3 is 2.79 bits per heavy atom. The average molecular weight is 324 g/mol. The number of amides is 2. The molecule has 4 heteroatoms. The van der Waals surface area contributed by atoms with Crippen molar-refractivity contribution in [2.24, 2.45) is 0 Å². The first kappa shape index (κ1) is 16.4. The van der Waals surface area contributed by atoms with Crippen molar-refractivity contribution in [3.63, 3.8) is 0 Å². The lowest BCUT2D eigenvalue weighted by Crippen LogP contribution is -2.37. The highest BCUT2D eigenvalue weighted by Crippen LogP contribution is 2.26. The second-order valence-electron chi connectivity index (χ2n) is 6.54. The lowest BCUT2D eigenvalue weighted by molar-refractivity contribution is 0.249. The van der Waals surface area contributed by atoms with E-state index in [1.165, 1.54) is 22.3 Å². The van der Waals surface area contributed by atoms with E-state index in [9.17, 15) is 4.79 Å². The molecule has 3 rings (SSSR count). The number of hydrogen-bond acceptors (Lipinski definition) is 2. The maximum Gasteiger partial charge on any atom is 0.319 e. The fourth-order valence-corrected chi connectivity index (χ4v) is 2.98. The van der Waals surface area contributed by atoms with E-state index in [1.54, 1.807) is 0 Å². The number of fused-ring (bicyclic) bond motifs is 1.